The zero-order valence-electron chi connectivity index (χ0n) is 13.5. The first kappa shape index (κ1) is 19.2. The molecule has 1 aliphatic rings. The fraction of sp³-hybridized carbons (Fsp3) is 0.533. The van der Waals surface area contributed by atoms with Gasteiger partial charge in [0, 0.05) is 0 Å². The Kier molecular flexibility index (Phi) is 6.03. The number of aromatic hydroxyl groups is 1. The maximum atomic E-state index is 12.2. The molecule has 1 heterocycles. The summed E-state index contributed by atoms with van der Waals surface area (Å²) < 4.78 is 20.0. The van der Waals surface area contributed by atoms with Crippen LogP contribution in [0.15, 0.2) is 12.1 Å². The molecule has 0 saturated carbocycles. The highest BCUT2D eigenvalue weighted by Crippen LogP contribution is 2.37. The smallest absolute Gasteiger partial charge is 0.340 e. The third-order valence-corrected chi connectivity index (χ3v) is 3.77. The molecular weight excluding hydrogens is 340 g/mol. The molecule has 0 amide bonds. The lowest BCUT2D eigenvalue weighted by molar-refractivity contribution is -0.285. The van der Waals surface area contributed by atoms with E-state index >= 15 is 0 Å². The summed E-state index contributed by atoms with van der Waals surface area (Å²) in [6.07, 6.45) is -7.81. The molecule has 25 heavy (non-hydrogen) atoms. The number of ether oxygens (including phenoxy) is 4. The molecule has 2 rings (SSSR count). The van der Waals surface area contributed by atoms with E-state index in [1.165, 1.54) is 20.3 Å². The highest BCUT2D eigenvalue weighted by Gasteiger charge is 2.45. The highest BCUT2D eigenvalue weighted by atomic mass is 16.7. The number of hydrogen-bond acceptors (Lipinski definition) is 10. The van der Waals surface area contributed by atoms with Gasteiger partial charge in [0.1, 0.15) is 24.4 Å². The zero-order chi connectivity index (χ0) is 18.7. The number of carbonyl (C=O) groups excluding carboxylic acids is 1. The average Bonchev–Trinajstić information content (AvgIpc) is 2.61. The van der Waals surface area contributed by atoms with Gasteiger partial charge in [-0.25, -0.2) is 4.79 Å². The molecule has 1 fully saturated rings. The van der Waals surface area contributed by atoms with E-state index < -0.39 is 43.3 Å². The quantitative estimate of drug-likeness (QED) is 0.386. The minimum Gasteiger partial charge on any atom is -0.504 e. The van der Waals surface area contributed by atoms with Crippen molar-refractivity contribution in [3.63, 3.8) is 0 Å². The number of phenolic OH excluding ortho intramolecular Hbond substituents is 1. The normalized spacial score (nSPS) is 29.1. The van der Waals surface area contributed by atoms with Crippen molar-refractivity contribution in [3.8, 4) is 17.2 Å². The molecule has 0 aliphatic carbocycles. The van der Waals surface area contributed by atoms with Crippen molar-refractivity contribution in [3.05, 3.63) is 17.7 Å². The van der Waals surface area contributed by atoms with Gasteiger partial charge in [-0.1, -0.05) is 0 Å². The Balaban J connectivity index is 2.20. The van der Waals surface area contributed by atoms with E-state index in [-0.39, 0.29) is 22.8 Å². The van der Waals surface area contributed by atoms with Crippen molar-refractivity contribution in [2.45, 2.75) is 30.7 Å². The third-order valence-electron chi connectivity index (χ3n) is 3.77. The van der Waals surface area contributed by atoms with Gasteiger partial charge in [-0.3, -0.25) is 0 Å². The topological polar surface area (TPSA) is 155 Å². The second kappa shape index (κ2) is 7.85. The SMILES string of the molecule is COc1cc(C(=O)O[C@H]2O[C@H](CO)[C@@H](O)[C@@H](O)[C@@H]2O)cc(O)c1OC. The van der Waals surface area contributed by atoms with Crippen molar-refractivity contribution in [1.82, 2.24) is 0 Å². The molecule has 1 aromatic carbocycles. The molecule has 10 nitrogen and oxygen atoms in total. The Morgan fingerprint density at radius 2 is 1.80 bits per heavy atom. The van der Waals surface area contributed by atoms with Gasteiger partial charge in [-0.05, 0) is 12.1 Å². The molecule has 1 aromatic rings. The molecule has 0 radical (unpaired) electrons. The Morgan fingerprint density at radius 1 is 1.12 bits per heavy atom. The van der Waals surface area contributed by atoms with E-state index in [0.717, 1.165) is 6.07 Å². The molecule has 10 heteroatoms. The van der Waals surface area contributed by atoms with Crippen LogP contribution in [0.25, 0.3) is 0 Å². The van der Waals surface area contributed by atoms with Crippen LogP contribution >= 0.6 is 0 Å². The monoisotopic (exact) mass is 360 g/mol. The van der Waals surface area contributed by atoms with Crippen LogP contribution in [0.1, 0.15) is 10.4 Å². The van der Waals surface area contributed by atoms with E-state index in [2.05, 4.69) is 0 Å². The number of methoxy groups -OCH3 is 2. The maximum Gasteiger partial charge on any atom is 0.340 e. The van der Waals surface area contributed by atoms with Crippen LogP contribution in [0.4, 0.5) is 0 Å². The predicted octanol–water partition coefficient (Wildman–Crippen LogP) is -1.63. The summed E-state index contributed by atoms with van der Waals surface area (Å²) in [5.74, 6) is -1.28. The molecule has 1 aliphatic heterocycles. The number of aliphatic hydroxyl groups excluding tert-OH is 4. The molecule has 0 aromatic heterocycles. The van der Waals surface area contributed by atoms with E-state index in [1.54, 1.807) is 0 Å². The van der Waals surface area contributed by atoms with Gasteiger partial charge in [-0.2, -0.15) is 0 Å². The lowest BCUT2D eigenvalue weighted by atomic mass is 9.99. The van der Waals surface area contributed by atoms with Crippen molar-refractivity contribution >= 4 is 5.97 Å². The second-order valence-electron chi connectivity index (χ2n) is 5.33. The number of aliphatic hydroxyl groups is 4. The van der Waals surface area contributed by atoms with Gasteiger partial charge in [0.2, 0.25) is 12.0 Å². The molecule has 0 bridgehead atoms. The van der Waals surface area contributed by atoms with Crippen LogP contribution in [0.2, 0.25) is 0 Å². The zero-order valence-corrected chi connectivity index (χ0v) is 13.5. The van der Waals surface area contributed by atoms with Gasteiger partial charge < -0.3 is 44.5 Å². The molecule has 140 valence electrons. The van der Waals surface area contributed by atoms with E-state index in [0.29, 0.717) is 0 Å². The number of rotatable bonds is 5. The summed E-state index contributed by atoms with van der Waals surface area (Å²) in [6, 6.07) is 2.30. The minimum atomic E-state index is -1.73. The summed E-state index contributed by atoms with van der Waals surface area (Å²) in [5.41, 5.74) is -0.132. The second-order valence-corrected chi connectivity index (χ2v) is 5.33. The van der Waals surface area contributed by atoms with Gasteiger partial charge in [0.25, 0.3) is 0 Å². The lowest BCUT2D eigenvalue weighted by Gasteiger charge is -2.39. The first-order chi connectivity index (χ1) is 11.8. The highest BCUT2D eigenvalue weighted by molar-refractivity contribution is 5.91. The summed E-state index contributed by atoms with van der Waals surface area (Å²) in [6.45, 7) is -0.657. The molecule has 5 atom stereocenters. The van der Waals surface area contributed by atoms with Crippen molar-refractivity contribution < 1.29 is 49.3 Å². The van der Waals surface area contributed by atoms with Crippen LogP contribution in [0, 0.1) is 0 Å². The number of benzene rings is 1. The van der Waals surface area contributed by atoms with Crippen molar-refractivity contribution in [2.24, 2.45) is 0 Å². The van der Waals surface area contributed by atoms with Crippen molar-refractivity contribution in [1.29, 1.82) is 0 Å². The summed E-state index contributed by atoms with van der Waals surface area (Å²) in [7, 11) is 2.62. The number of carbonyl (C=O) groups is 1. The Labute approximate surface area is 142 Å². The van der Waals surface area contributed by atoms with E-state index in [9.17, 15) is 25.2 Å². The van der Waals surface area contributed by atoms with Gasteiger partial charge in [0.15, 0.2) is 11.5 Å². The van der Waals surface area contributed by atoms with Crippen LogP contribution in [-0.4, -0.2) is 83.0 Å². The van der Waals surface area contributed by atoms with Gasteiger partial charge >= 0.3 is 5.97 Å². The largest absolute Gasteiger partial charge is 0.504 e. The number of esters is 1. The van der Waals surface area contributed by atoms with Crippen molar-refractivity contribution in [2.75, 3.05) is 20.8 Å². The van der Waals surface area contributed by atoms with Crippen LogP contribution in [0.5, 0.6) is 17.2 Å². The fourth-order valence-electron chi connectivity index (χ4n) is 2.40. The molecule has 1 saturated heterocycles. The van der Waals surface area contributed by atoms with Crippen LogP contribution in [-0.2, 0) is 9.47 Å². The lowest BCUT2D eigenvalue weighted by Crippen LogP contribution is -2.59. The first-order valence-electron chi connectivity index (χ1n) is 7.30. The third kappa shape index (κ3) is 3.78. The Bertz CT molecular complexity index is 617. The van der Waals surface area contributed by atoms with Crippen LogP contribution < -0.4 is 9.47 Å². The van der Waals surface area contributed by atoms with Crippen LogP contribution in [0.3, 0.4) is 0 Å². The van der Waals surface area contributed by atoms with Gasteiger partial charge in [-0.15, -0.1) is 0 Å². The Hall–Kier alpha value is -2.11. The predicted molar refractivity (Wildman–Crippen MR) is 80.4 cm³/mol. The standard InChI is InChI=1S/C15H20O10/c1-22-8-4-6(3-7(17)13(8)23-2)14(21)25-15-12(20)11(19)10(18)9(5-16)24-15/h3-4,9-12,15-20H,5H2,1-2H3/t9-,10-,11-,12+,15-/m1/s1. The van der Waals surface area contributed by atoms with Gasteiger partial charge in [0.05, 0.1) is 26.4 Å². The number of hydrogen-bond donors (Lipinski definition) is 5. The summed E-state index contributed by atoms with van der Waals surface area (Å²) in [5, 5.41) is 48.2. The maximum absolute atomic E-state index is 12.2. The molecule has 0 spiro atoms. The molecular formula is C15H20O10. The minimum absolute atomic E-state index is 0.0203. The first-order valence-corrected chi connectivity index (χ1v) is 7.30. The summed E-state index contributed by atoms with van der Waals surface area (Å²) >= 11 is 0. The molecule has 5 N–H and O–H groups in total. The molecule has 0 unspecified atom stereocenters. The summed E-state index contributed by atoms with van der Waals surface area (Å²) in [4.78, 5) is 12.2. The van der Waals surface area contributed by atoms with E-state index in [4.69, 9.17) is 24.1 Å². The fourth-order valence-corrected chi connectivity index (χ4v) is 2.40. The Morgan fingerprint density at radius 3 is 2.36 bits per heavy atom. The number of phenols is 1. The average molecular weight is 360 g/mol. The van der Waals surface area contributed by atoms with E-state index in [1.807, 2.05) is 0 Å².